The number of carboxylic acids is 1. The van der Waals surface area contributed by atoms with Crippen LogP contribution in [0.2, 0.25) is 5.02 Å². The van der Waals surface area contributed by atoms with Gasteiger partial charge in [-0.25, -0.2) is 4.79 Å². The van der Waals surface area contributed by atoms with Crippen LogP contribution in [-0.4, -0.2) is 17.6 Å². The van der Waals surface area contributed by atoms with Gasteiger partial charge in [-0.1, -0.05) is 29.8 Å². The van der Waals surface area contributed by atoms with E-state index in [4.69, 9.17) is 11.6 Å². The smallest absolute Gasteiger partial charge is 0.416 e. The molecule has 0 aromatic heterocycles. The van der Waals surface area contributed by atoms with E-state index < -0.39 is 17.7 Å². The predicted octanol–water partition coefficient (Wildman–Crippen LogP) is 5.79. The van der Waals surface area contributed by atoms with E-state index in [2.05, 4.69) is 0 Å². The SMILES string of the molecule is O=C(O)c1ccccc1C1CCCCN1c1ccc(C(F)(F)F)cc1Cl. The van der Waals surface area contributed by atoms with Gasteiger partial charge in [-0.3, -0.25) is 0 Å². The van der Waals surface area contributed by atoms with E-state index in [1.807, 2.05) is 4.90 Å². The highest BCUT2D eigenvalue weighted by molar-refractivity contribution is 6.33. The summed E-state index contributed by atoms with van der Waals surface area (Å²) in [6.07, 6.45) is -1.97. The molecule has 0 bridgehead atoms. The molecule has 138 valence electrons. The number of hydrogen-bond acceptors (Lipinski definition) is 2. The summed E-state index contributed by atoms with van der Waals surface area (Å²) in [5.74, 6) is -1.02. The Morgan fingerprint density at radius 2 is 1.88 bits per heavy atom. The van der Waals surface area contributed by atoms with Crippen molar-refractivity contribution in [1.82, 2.24) is 0 Å². The Kier molecular flexibility index (Phi) is 5.14. The number of rotatable bonds is 3. The van der Waals surface area contributed by atoms with Crippen molar-refractivity contribution in [2.24, 2.45) is 0 Å². The fourth-order valence-corrected chi connectivity index (χ4v) is 3.73. The summed E-state index contributed by atoms with van der Waals surface area (Å²) in [4.78, 5) is 13.5. The van der Waals surface area contributed by atoms with E-state index in [0.717, 1.165) is 25.0 Å². The molecule has 0 spiro atoms. The molecule has 7 heteroatoms. The number of nitrogens with zero attached hydrogens (tertiary/aromatic N) is 1. The monoisotopic (exact) mass is 383 g/mol. The summed E-state index contributed by atoms with van der Waals surface area (Å²) in [6.45, 7) is 0.601. The molecular formula is C19H17ClF3NO2. The van der Waals surface area contributed by atoms with Crippen molar-refractivity contribution >= 4 is 23.3 Å². The maximum Gasteiger partial charge on any atom is 0.416 e. The third kappa shape index (κ3) is 3.65. The second-order valence-corrected chi connectivity index (χ2v) is 6.67. The standard InChI is InChI=1S/C19H17ClF3NO2/c20-15-11-12(19(21,22)23)8-9-17(15)24-10-4-3-7-16(24)13-5-1-2-6-14(13)18(25)26/h1-2,5-6,8-9,11,16H,3-4,7,10H2,(H,25,26). The van der Waals surface area contributed by atoms with Gasteiger partial charge in [-0.15, -0.1) is 0 Å². The largest absolute Gasteiger partial charge is 0.478 e. The van der Waals surface area contributed by atoms with Gasteiger partial charge in [-0.2, -0.15) is 13.2 Å². The molecule has 2 aromatic rings. The van der Waals surface area contributed by atoms with Crippen molar-refractivity contribution in [2.75, 3.05) is 11.4 Å². The Balaban J connectivity index is 2.02. The lowest BCUT2D eigenvalue weighted by Gasteiger charge is -2.39. The van der Waals surface area contributed by atoms with Gasteiger partial charge in [0, 0.05) is 6.54 Å². The van der Waals surface area contributed by atoms with Crippen LogP contribution in [0.5, 0.6) is 0 Å². The van der Waals surface area contributed by atoms with Crippen molar-refractivity contribution in [2.45, 2.75) is 31.5 Å². The topological polar surface area (TPSA) is 40.5 Å². The average Bonchev–Trinajstić information content (AvgIpc) is 2.61. The van der Waals surface area contributed by atoms with Crippen LogP contribution < -0.4 is 4.90 Å². The molecule has 0 saturated carbocycles. The molecule has 0 amide bonds. The van der Waals surface area contributed by atoms with Gasteiger partial charge >= 0.3 is 12.1 Å². The molecular weight excluding hydrogens is 367 g/mol. The third-order valence-electron chi connectivity index (χ3n) is 4.64. The van der Waals surface area contributed by atoms with Crippen LogP contribution in [-0.2, 0) is 6.18 Å². The molecule has 2 aromatic carbocycles. The van der Waals surface area contributed by atoms with Gasteiger partial charge < -0.3 is 10.0 Å². The second kappa shape index (κ2) is 7.19. The molecule has 0 radical (unpaired) electrons. The third-order valence-corrected chi connectivity index (χ3v) is 4.94. The maximum atomic E-state index is 12.9. The number of carbonyl (C=O) groups is 1. The fraction of sp³-hybridized carbons (Fsp3) is 0.316. The van der Waals surface area contributed by atoms with E-state index in [1.165, 1.54) is 6.07 Å². The van der Waals surface area contributed by atoms with Gasteiger partial charge in [0.15, 0.2) is 0 Å². The highest BCUT2D eigenvalue weighted by atomic mass is 35.5. The Morgan fingerprint density at radius 3 is 2.54 bits per heavy atom. The zero-order valence-electron chi connectivity index (χ0n) is 13.8. The molecule has 3 nitrogen and oxygen atoms in total. The minimum Gasteiger partial charge on any atom is -0.478 e. The lowest BCUT2D eigenvalue weighted by Crippen LogP contribution is -2.34. The number of halogens is 4. The molecule has 3 rings (SSSR count). The fourth-order valence-electron chi connectivity index (χ4n) is 3.44. The molecule has 1 aliphatic heterocycles. The zero-order chi connectivity index (χ0) is 18.9. The quantitative estimate of drug-likeness (QED) is 0.729. The Morgan fingerprint density at radius 1 is 1.15 bits per heavy atom. The lowest BCUT2D eigenvalue weighted by molar-refractivity contribution is -0.137. The van der Waals surface area contributed by atoms with Crippen LogP contribution in [0.4, 0.5) is 18.9 Å². The van der Waals surface area contributed by atoms with Crippen molar-refractivity contribution in [3.05, 3.63) is 64.2 Å². The van der Waals surface area contributed by atoms with Gasteiger partial charge in [-0.05, 0) is 49.1 Å². The average molecular weight is 384 g/mol. The number of aromatic carboxylic acids is 1. The van der Waals surface area contributed by atoms with Gasteiger partial charge in [0.2, 0.25) is 0 Å². The van der Waals surface area contributed by atoms with Crippen LogP contribution in [0.1, 0.15) is 46.8 Å². The van der Waals surface area contributed by atoms with Crippen LogP contribution in [0.25, 0.3) is 0 Å². The number of benzene rings is 2. The highest BCUT2D eigenvalue weighted by Crippen LogP contribution is 2.41. The van der Waals surface area contributed by atoms with Crippen molar-refractivity contribution in [1.29, 1.82) is 0 Å². The molecule has 0 aliphatic carbocycles. The van der Waals surface area contributed by atoms with Crippen molar-refractivity contribution in [3.8, 4) is 0 Å². The van der Waals surface area contributed by atoms with Crippen LogP contribution in [0, 0.1) is 0 Å². The number of carboxylic acid groups (broad SMARTS) is 1. The van der Waals surface area contributed by atoms with Crippen LogP contribution in [0.15, 0.2) is 42.5 Å². The molecule has 1 atom stereocenters. The van der Waals surface area contributed by atoms with E-state index >= 15 is 0 Å². The molecule has 1 aliphatic rings. The first kappa shape index (κ1) is 18.6. The van der Waals surface area contributed by atoms with E-state index in [0.29, 0.717) is 24.2 Å². The first-order chi connectivity index (χ1) is 12.3. The van der Waals surface area contributed by atoms with Crippen molar-refractivity contribution in [3.63, 3.8) is 0 Å². The zero-order valence-corrected chi connectivity index (χ0v) is 14.5. The summed E-state index contributed by atoms with van der Waals surface area (Å²) < 4.78 is 38.7. The van der Waals surface area contributed by atoms with E-state index in [-0.39, 0.29) is 16.6 Å². The van der Waals surface area contributed by atoms with Gasteiger partial charge in [0.25, 0.3) is 0 Å². The van der Waals surface area contributed by atoms with Gasteiger partial charge in [0.05, 0.1) is 27.9 Å². The summed E-state index contributed by atoms with van der Waals surface area (Å²) in [6, 6.07) is 9.77. The first-order valence-corrected chi connectivity index (χ1v) is 8.62. The molecule has 1 fully saturated rings. The Bertz CT molecular complexity index is 823. The summed E-state index contributed by atoms with van der Waals surface area (Å²) >= 11 is 6.17. The molecule has 1 heterocycles. The summed E-state index contributed by atoms with van der Waals surface area (Å²) in [5, 5.41) is 9.48. The van der Waals surface area contributed by atoms with Crippen LogP contribution in [0.3, 0.4) is 0 Å². The van der Waals surface area contributed by atoms with E-state index in [9.17, 15) is 23.1 Å². The highest BCUT2D eigenvalue weighted by Gasteiger charge is 2.33. The maximum absolute atomic E-state index is 12.9. The second-order valence-electron chi connectivity index (χ2n) is 6.26. The number of alkyl halides is 3. The van der Waals surface area contributed by atoms with Crippen molar-refractivity contribution < 1.29 is 23.1 Å². The first-order valence-electron chi connectivity index (χ1n) is 8.24. The van der Waals surface area contributed by atoms with Gasteiger partial charge in [0.1, 0.15) is 0 Å². The molecule has 1 N–H and O–H groups in total. The normalized spacial score (nSPS) is 18.0. The van der Waals surface area contributed by atoms with E-state index in [1.54, 1.807) is 24.3 Å². The summed E-state index contributed by atoms with van der Waals surface area (Å²) in [5.41, 5.74) is 0.540. The molecule has 1 saturated heterocycles. The minimum absolute atomic E-state index is 0.0135. The Hall–Kier alpha value is -2.21. The summed E-state index contributed by atoms with van der Waals surface area (Å²) in [7, 11) is 0. The minimum atomic E-state index is -4.46. The number of anilines is 1. The number of piperidine rings is 1. The molecule has 26 heavy (non-hydrogen) atoms. The lowest BCUT2D eigenvalue weighted by atomic mass is 9.91. The predicted molar refractivity (Wildman–Crippen MR) is 93.8 cm³/mol. The number of hydrogen-bond donors (Lipinski definition) is 1. The molecule has 1 unspecified atom stereocenters. The van der Waals surface area contributed by atoms with Crippen LogP contribution >= 0.6 is 11.6 Å². The Labute approximate surface area is 154 Å².